The Hall–Kier alpha value is -1.77. The lowest BCUT2D eigenvalue weighted by Gasteiger charge is -2.53. The molecule has 0 saturated carbocycles. The first-order valence-electron chi connectivity index (χ1n) is 7.53. The molecule has 3 heteroatoms. The molecule has 2 aliphatic rings. The number of rotatable bonds is 1. The lowest BCUT2D eigenvalue weighted by atomic mass is 9.64. The van der Waals surface area contributed by atoms with Crippen LogP contribution in [-0.4, -0.2) is 29.7 Å². The molecular formula is C18H23NO2. The number of amides is 1. The molecular weight excluding hydrogens is 262 g/mol. The number of carbonyl (C=O) groups is 1. The van der Waals surface area contributed by atoms with Gasteiger partial charge in [-0.15, -0.1) is 0 Å². The summed E-state index contributed by atoms with van der Waals surface area (Å²) in [5.74, 6) is 0. The molecule has 1 fully saturated rings. The number of ether oxygens (including phenoxy) is 1. The van der Waals surface area contributed by atoms with Gasteiger partial charge in [-0.25, -0.2) is 4.79 Å². The SMILES string of the molecule is Cc1ccc(C2=CC3(C2)CN(C(=O)OC(C)(C)C)C3)cc1. The normalized spacial score (nSPS) is 19.6. The van der Waals surface area contributed by atoms with Crippen molar-refractivity contribution in [2.45, 2.75) is 39.7 Å². The summed E-state index contributed by atoms with van der Waals surface area (Å²) in [6.45, 7) is 9.39. The highest BCUT2D eigenvalue weighted by Crippen LogP contribution is 2.50. The second kappa shape index (κ2) is 4.62. The first-order chi connectivity index (χ1) is 9.76. The van der Waals surface area contributed by atoms with E-state index in [1.165, 1.54) is 16.7 Å². The third kappa shape index (κ3) is 2.82. The van der Waals surface area contributed by atoms with Gasteiger partial charge in [-0.2, -0.15) is 0 Å². The Labute approximate surface area is 126 Å². The van der Waals surface area contributed by atoms with E-state index in [-0.39, 0.29) is 11.5 Å². The van der Waals surface area contributed by atoms with Crippen LogP contribution in [0.4, 0.5) is 4.79 Å². The summed E-state index contributed by atoms with van der Waals surface area (Å²) < 4.78 is 5.39. The van der Waals surface area contributed by atoms with Gasteiger partial charge < -0.3 is 9.64 Å². The van der Waals surface area contributed by atoms with Crippen molar-refractivity contribution in [1.82, 2.24) is 4.90 Å². The van der Waals surface area contributed by atoms with Crippen LogP contribution in [0.2, 0.25) is 0 Å². The minimum atomic E-state index is -0.414. The van der Waals surface area contributed by atoms with Gasteiger partial charge in [0.25, 0.3) is 0 Å². The Kier molecular flexibility index (Phi) is 3.12. The summed E-state index contributed by atoms with van der Waals surface area (Å²) in [6, 6.07) is 8.65. The zero-order chi connectivity index (χ0) is 15.3. The van der Waals surface area contributed by atoms with Crippen molar-refractivity contribution in [2.24, 2.45) is 5.41 Å². The van der Waals surface area contributed by atoms with E-state index in [1.807, 2.05) is 20.8 Å². The number of allylic oxidation sites excluding steroid dienone is 1. The lowest BCUT2D eigenvalue weighted by Crippen LogP contribution is -2.60. The fraction of sp³-hybridized carbons (Fsp3) is 0.500. The van der Waals surface area contributed by atoms with Crippen LogP contribution in [0.3, 0.4) is 0 Å². The second-order valence-corrected chi connectivity index (χ2v) is 7.41. The van der Waals surface area contributed by atoms with Gasteiger partial charge in [-0.1, -0.05) is 35.9 Å². The minimum absolute atomic E-state index is 0.190. The Morgan fingerprint density at radius 2 is 1.76 bits per heavy atom. The second-order valence-electron chi connectivity index (χ2n) is 7.41. The van der Waals surface area contributed by atoms with Gasteiger partial charge in [-0.3, -0.25) is 0 Å². The Balaban J connectivity index is 1.58. The van der Waals surface area contributed by atoms with Crippen molar-refractivity contribution in [1.29, 1.82) is 0 Å². The van der Waals surface area contributed by atoms with Gasteiger partial charge >= 0.3 is 6.09 Å². The molecule has 1 amide bonds. The highest BCUT2D eigenvalue weighted by atomic mass is 16.6. The molecule has 1 heterocycles. The average molecular weight is 285 g/mol. The van der Waals surface area contributed by atoms with Crippen molar-refractivity contribution in [3.8, 4) is 0 Å². The van der Waals surface area contributed by atoms with Gasteiger partial charge in [0.15, 0.2) is 0 Å². The monoisotopic (exact) mass is 285 g/mol. The average Bonchev–Trinajstić information content (AvgIpc) is 2.25. The molecule has 1 aromatic rings. The van der Waals surface area contributed by atoms with Crippen molar-refractivity contribution < 1.29 is 9.53 Å². The quantitative estimate of drug-likeness (QED) is 0.780. The molecule has 1 spiro atoms. The predicted molar refractivity (Wildman–Crippen MR) is 84.0 cm³/mol. The van der Waals surface area contributed by atoms with E-state index in [4.69, 9.17) is 4.74 Å². The number of carbonyl (C=O) groups excluding carboxylic acids is 1. The topological polar surface area (TPSA) is 29.5 Å². The van der Waals surface area contributed by atoms with Crippen molar-refractivity contribution in [3.05, 3.63) is 41.5 Å². The third-order valence-corrected chi connectivity index (χ3v) is 4.11. The van der Waals surface area contributed by atoms with Gasteiger partial charge in [-0.05, 0) is 45.3 Å². The molecule has 0 N–H and O–H groups in total. The maximum absolute atomic E-state index is 11.9. The molecule has 1 saturated heterocycles. The zero-order valence-electron chi connectivity index (χ0n) is 13.3. The molecule has 21 heavy (non-hydrogen) atoms. The maximum Gasteiger partial charge on any atom is 0.410 e. The molecule has 112 valence electrons. The number of benzene rings is 1. The minimum Gasteiger partial charge on any atom is -0.444 e. The fourth-order valence-electron chi connectivity index (χ4n) is 3.05. The molecule has 3 nitrogen and oxygen atoms in total. The van der Waals surface area contributed by atoms with Crippen LogP contribution in [0.1, 0.15) is 38.3 Å². The van der Waals surface area contributed by atoms with E-state index >= 15 is 0 Å². The molecule has 1 aliphatic heterocycles. The molecule has 0 atom stereocenters. The molecule has 3 rings (SSSR count). The van der Waals surface area contributed by atoms with Crippen molar-refractivity contribution in [2.75, 3.05) is 13.1 Å². The van der Waals surface area contributed by atoms with Gasteiger partial charge in [0.1, 0.15) is 5.60 Å². The number of aryl methyl sites for hydroxylation is 1. The molecule has 1 aromatic carbocycles. The number of likely N-dealkylation sites (tertiary alicyclic amines) is 1. The van der Waals surface area contributed by atoms with E-state index in [1.54, 1.807) is 4.90 Å². The van der Waals surface area contributed by atoms with Crippen LogP contribution in [0.5, 0.6) is 0 Å². The van der Waals surface area contributed by atoms with Crippen LogP contribution in [0.15, 0.2) is 30.3 Å². The summed E-state index contributed by atoms with van der Waals surface area (Å²) in [4.78, 5) is 13.7. The van der Waals surface area contributed by atoms with E-state index in [0.29, 0.717) is 0 Å². The summed E-state index contributed by atoms with van der Waals surface area (Å²) in [5, 5.41) is 0. The van der Waals surface area contributed by atoms with Crippen LogP contribution in [0.25, 0.3) is 5.57 Å². The largest absolute Gasteiger partial charge is 0.444 e. The van der Waals surface area contributed by atoms with E-state index < -0.39 is 5.60 Å². The zero-order valence-corrected chi connectivity index (χ0v) is 13.3. The summed E-state index contributed by atoms with van der Waals surface area (Å²) in [5.41, 5.74) is 3.79. The van der Waals surface area contributed by atoms with Gasteiger partial charge in [0, 0.05) is 18.5 Å². The number of nitrogens with zero attached hydrogens (tertiary/aromatic N) is 1. The van der Waals surface area contributed by atoms with E-state index in [0.717, 1.165) is 19.5 Å². The molecule has 1 aliphatic carbocycles. The van der Waals surface area contributed by atoms with Crippen LogP contribution < -0.4 is 0 Å². The predicted octanol–water partition coefficient (Wildman–Crippen LogP) is 4.02. The first-order valence-corrected chi connectivity index (χ1v) is 7.53. The van der Waals surface area contributed by atoms with Crippen molar-refractivity contribution in [3.63, 3.8) is 0 Å². The summed E-state index contributed by atoms with van der Waals surface area (Å²) >= 11 is 0. The summed E-state index contributed by atoms with van der Waals surface area (Å²) in [7, 11) is 0. The highest BCUT2D eigenvalue weighted by Gasteiger charge is 2.49. The third-order valence-electron chi connectivity index (χ3n) is 4.11. The Morgan fingerprint density at radius 1 is 1.19 bits per heavy atom. The standard InChI is InChI=1S/C18H23NO2/c1-13-5-7-14(8-6-13)15-9-18(10-15)11-19(12-18)16(20)21-17(2,3)4/h5-9H,10-12H2,1-4H3. The first kappa shape index (κ1) is 14.2. The maximum atomic E-state index is 11.9. The molecule has 0 radical (unpaired) electrons. The number of hydrogen-bond acceptors (Lipinski definition) is 2. The van der Waals surface area contributed by atoms with Gasteiger partial charge in [0.05, 0.1) is 0 Å². The van der Waals surface area contributed by atoms with Crippen LogP contribution >= 0.6 is 0 Å². The van der Waals surface area contributed by atoms with Gasteiger partial charge in [0.2, 0.25) is 0 Å². The lowest BCUT2D eigenvalue weighted by molar-refractivity contribution is -0.0207. The Bertz CT molecular complexity index is 587. The smallest absolute Gasteiger partial charge is 0.410 e. The van der Waals surface area contributed by atoms with Crippen LogP contribution in [-0.2, 0) is 4.74 Å². The highest BCUT2D eigenvalue weighted by molar-refractivity contribution is 5.76. The van der Waals surface area contributed by atoms with Crippen LogP contribution in [0, 0.1) is 12.3 Å². The molecule has 0 bridgehead atoms. The molecule has 0 unspecified atom stereocenters. The number of hydrogen-bond donors (Lipinski definition) is 0. The van der Waals surface area contributed by atoms with Crippen molar-refractivity contribution >= 4 is 11.7 Å². The van der Waals surface area contributed by atoms with E-state index in [2.05, 4.69) is 37.3 Å². The summed E-state index contributed by atoms with van der Waals surface area (Å²) in [6.07, 6.45) is 3.21. The fourth-order valence-corrected chi connectivity index (χ4v) is 3.05. The Morgan fingerprint density at radius 3 is 2.29 bits per heavy atom. The van der Waals surface area contributed by atoms with E-state index in [9.17, 15) is 4.79 Å². The molecule has 0 aromatic heterocycles.